The highest BCUT2D eigenvalue weighted by atomic mass is 16.2. The highest BCUT2D eigenvalue weighted by molar-refractivity contribution is 5.74. The maximum absolute atomic E-state index is 11.7. The van der Waals surface area contributed by atoms with E-state index >= 15 is 0 Å². The van der Waals surface area contributed by atoms with Gasteiger partial charge < -0.3 is 16.0 Å². The first-order valence-electron chi connectivity index (χ1n) is 6.93. The normalized spacial score (nSPS) is 30.2. The summed E-state index contributed by atoms with van der Waals surface area (Å²) in [5.74, 6) is 0. The maximum atomic E-state index is 11.7. The van der Waals surface area contributed by atoms with Gasteiger partial charge in [0.05, 0.1) is 0 Å². The molecule has 3 N–H and O–H groups in total. The van der Waals surface area contributed by atoms with Crippen LogP contribution in [0.2, 0.25) is 0 Å². The van der Waals surface area contributed by atoms with Gasteiger partial charge in [-0.25, -0.2) is 4.79 Å². The topological polar surface area (TPSA) is 53.2 Å². The SMILES string of the molecule is CC1(CNC(=O)NC2CCCC2)CCCNC1. The first-order chi connectivity index (χ1) is 8.18. The Morgan fingerprint density at radius 2 is 2.12 bits per heavy atom. The molecule has 2 rings (SSSR count). The maximum Gasteiger partial charge on any atom is 0.315 e. The fourth-order valence-corrected chi connectivity index (χ4v) is 2.87. The minimum Gasteiger partial charge on any atom is -0.338 e. The summed E-state index contributed by atoms with van der Waals surface area (Å²) in [6.07, 6.45) is 7.21. The van der Waals surface area contributed by atoms with Crippen LogP contribution in [0.4, 0.5) is 4.79 Å². The number of hydrogen-bond acceptors (Lipinski definition) is 2. The van der Waals surface area contributed by atoms with Crippen LogP contribution in [0.25, 0.3) is 0 Å². The molecule has 1 saturated heterocycles. The Labute approximate surface area is 104 Å². The average Bonchev–Trinajstić information content (AvgIpc) is 2.80. The summed E-state index contributed by atoms with van der Waals surface area (Å²) in [7, 11) is 0. The lowest BCUT2D eigenvalue weighted by Crippen LogP contribution is -2.49. The highest BCUT2D eigenvalue weighted by Gasteiger charge is 2.27. The molecule has 2 aliphatic rings. The van der Waals surface area contributed by atoms with Crippen molar-refractivity contribution in [3.05, 3.63) is 0 Å². The van der Waals surface area contributed by atoms with Crippen molar-refractivity contribution in [2.24, 2.45) is 5.41 Å². The van der Waals surface area contributed by atoms with E-state index in [4.69, 9.17) is 0 Å². The molecular formula is C13H25N3O. The molecule has 1 saturated carbocycles. The third kappa shape index (κ3) is 3.87. The van der Waals surface area contributed by atoms with Crippen LogP contribution in [-0.4, -0.2) is 31.7 Å². The van der Waals surface area contributed by atoms with Crippen LogP contribution in [0.5, 0.6) is 0 Å². The summed E-state index contributed by atoms with van der Waals surface area (Å²) in [6, 6.07) is 0.427. The van der Waals surface area contributed by atoms with E-state index in [2.05, 4.69) is 22.9 Å². The summed E-state index contributed by atoms with van der Waals surface area (Å²) >= 11 is 0. The second-order valence-electron chi connectivity index (χ2n) is 5.90. The number of hydrogen-bond donors (Lipinski definition) is 3. The number of piperidine rings is 1. The molecular weight excluding hydrogens is 214 g/mol. The third-order valence-electron chi connectivity index (χ3n) is 4.05. The fraction of sp³-hybridized carbons (Fsp3) is 0.923. The lowest BCUT2D eigenvalue weighted by Gasteiger charge is -2.34. The molecule has 17 heavy (non-hydrogen) atoms. The van der Waals surface area contributed by atoms with Crippen molar-refractivity contribution in [3.8, 4) is 0 Å². The van der Waals surface area contributed by atoms with Gasteiger partial charge in [-0.3, -0.25) is 0 Å². The highest BCUT2D eigenvalue weighted by Crippen LogP contribution is 2.24. The molecule has 1 heterocycles. The van der Waals surface area contributed by atoms with E-state index in [0.29, 0.717) is 6.04 Å². The van der Waals surface area contributed by atoms with E-state index in [0.717, 1.165) is 32.5 Å². The van der Waals surface area contributed by atoms with Crippen molar-refractivity contribution < 1.29 is 4.79 Å². The van der Waals surface area contributed by atoms with Crippen molar-refractivity contribution in [3.63, 3.8) is 0 Å². The van der Waals surface area contributed by atoms with Gasteiger partial charge in [-0.2, -0.15) is 0 Å². The van der Waals surface area contributed by atoms with Crippen LogP contribution in [0.1, 0.15) is 45.4 Å². The Bertz CT molecular complexity index is 255. The molecule has 4 heteroatoms. The van der Waals surface area contributed by atoms with E-state index in [9.17, 15) is 4.79 Å². The molecule has 0 bridgehead atoms. The summed E-state index contributed by atoms with van der Waals surface area (Å²) < 4.78 is 0. The van der Waals surface area contributed by atoms with Crippen LogP contribution < -0.4 is 16.0 Å². The van der Waals surface area contributed by atoms with Gasteiger partial charge in [0.15, 0.2) is 0 Å². The monoisotopic (exact) mass is 239 g/mol. The molecule has 2 fully saturated rings. The number of urea groups is 1. The lowest BCUT2D eigenvalue weighted by molar-refractivity contribution is 0.209. The van der Waals surface area contributed by atoms with Gasteiger partial charge in [0, 0.05) is 19.1 Å². The Hall–Kier alpha value is -0.770. The third-order valence-corrected chi connectivity index (χ3v) is 4.05. The molecule has 0 aromatic heterocycles. The second-order valence-corrected chi connectivity index (χ2v) is 5.90. The van der Waals surface area contributed by atoms with E-state index in [1.807, 2.05) is 0 Å². The standard InChI is InChI=1S/C13H25N3O/c1-13(7-4-8-14-9-13)10-15-12(17)16-11-5-2-3-6-11/h11,14H,2-10H2,1H3,(H2,15,16,17). The molecule has 4 nitrogen and oxygen atoms in total. The van der Waals surface area contributed by atoms with Crippen LogP contribution in [-0.2, 0) is 0 Å². The second kappa shape index (κ2) is 5.71. The van der Waals surface area contributed by atoms with Gasteiger partial charge in [0.1, 0.15) is 0 Å². The van der Waals surface area contributed by atoms with Gasteiger partial charge in [0.2, 0.25) is 0 Å². The number of carbonyl (C=O) groups excluding carboxylic acids is 1. The van der Waals surface area contributed by atoms with Crippen molar-refractivity contribution in [1.29, 1.82) is 0 Å². The Morgan fingerprint density at radius 1 is 1.35 bits per heavy atom. The molecule has 1 unspecified atom stereocenters. The van der Waals surface area contributed by atoms with Gasteiger partial charge in [-0.15, -0.1) is 0 Å². The first kappa shape index (κ1) is 12.7. The quantitative estimate of drug-likeness (QED) is 0.701. The zero-order valence-corrected chi connectivity index (χ0v) is 10.8. The zero-order valence-electron chi connectivity index (χ0n) is 10.8. The zero-order chi connectivity index (χ0) is 12.1. The Balaban J connectivity index is 1.67. The van der Waals surface area contributed by atoms with E-state index < -0.39 is 0 Å². The molecule has 0 spiro atoms. The van der Waals surface area contributed by atoms with Gasteiger partial charge in [-0.1, -0.05) is 19.8 Å². The molecule has 1 aliphatic heterocycles. The van der Waals surface area contributed by atoms with E-state index in [1.165, 1.54) is 25.7 Å². The van der Waals surface area contributed by atoms with Gasteiger partial charge >= 0.3 is 6.03 Å². The lowest BCUT2D eigenvalue weighted by atomic mass is 9.83. The smallest absolute Gasteiger partial charge is 0.315 e. The number of carbonyl (C=O) groups is 1. The van der Waals surface area contributed by atoms with E-state index in [-0.39, 0.29) is 11.4 Å². The minimum absolute atomic E-state index is 0.0173. The molecule has 1 aliphatic carbocycles. The average molecular weight is 239 g/mol. The predicted octanol–water partition coefficient (Wildman–Crippen LogP) is 1.62. The Morgan fingerprint density at radius 3 is 2.76 bits per heavy atom. The van der Waals surface area contributed by atoms with Crippen LogP contribution in [0.3, 0.4) is 0 Å². The van der Waals surface area contributed by atoms with E-state index in [1.54, 1.807) is 0 Å². The fourth-order valence-electron chi connectivity index (χ4n) is 2.87. The first-order valence-corrected chi connectivity index (χ1v) is 6.93. The van der Waals surface area contributed by atoms with Crippen LogP contribution in [0, 0.1) is 5.41 Å². The molecule has 1 atom stereocenters. The molecule has 0 radical (unpaired) electrons. The molecule has 98 valence electrons. The van der Waals surface area contributed by atoms with Gasteiger partial charge in [0.25, 0.3) is 0 Å². The van der Waals surface area contributed by atoms with Crippen LogP contribution >= 0.6 is 0 Å². The summed E-state index contributed by atoms with van der Waals surface area (Å²) in [5.41, 5.74) is 0.227. The summed E-state index contributed by atoms with van der Waals surface area (Å²) in [4.78, 5) is 11.7. The molecule has 0 aromatic carbocycles. The molecule has 0 aromatic rings. The van der Waals surface area contributed by atoms with Crippen molar-refractivity contribution in [2.45, 2.75) is 51.5 Å². The Kier molecular flexibility index (Phi) is 4.26. The van der Waals surface area contributed by atoms with Crippen LogP contribution in [0.15, 0.2) is 0 Å². The number of nitrogens with one attached hydrogen (secondary N) is 3. The minimum atomic E-state index is 0.0173. The van der Waals surface area contributed by atoms with Crippen molar-refractivity contribution in [2.75, 3.05) is 19.6 Å². The number of amides is 2. The summed E-state index contributed by atoms with van der Waals surface area (Å²) in [5, 5.41) is 9.50. The van der Waals surface area contributed by atoms with Crippen molar-refractivity contribution >= 4 is 6.03 Å². The predicted molar refractivity (Wildman–Crippen MR) is 69.0 cm³/mol. The largest absolute Gasteiger partial charge is 0.338 e. The molecule has 2 amide bonds. The summed E-state index contributed by atoms with van der Waals surface area (Å²) in [6.45, 7) is 5.15. The van der Waals surface area contributed by atoms with Crippen molar-refractivity contribution in [1.82, 2.24) is 16.0 Å². The number of rotatable bonds is 3. The van der Waals surface area contributed by atoms with Gasteiger partial charge in [-0.05, 0) is 37.6 Å².